The first-order valence-corrected chi connectivity index (χ1v) is 15.0. The van der Waals surface area contributed by atoms with E-state index in [4.69, 9.17) is 41.0 Å². The van der Waals surface area contributed by atoms with Crippen molar-refractivity contribution in [2.24, 2.45) is 5.92 Å². The zero-order chi connectivity index (χ0) is 33.6. The fraction of sp³-hybridized carbons (Fsp3) is 0.471. The number of benzene rings is 2. The van der Waals surface area contributed by atoms with Crippen molar-refractivity contribution < 1.29 is 47.1 Å². The van der Waals surface area contributed by atoms with Crippen LogP contribution in [0.4, 0.5) is 14.9 Å². The number of cyclic esters (lactones) is 1. The fourth-order valence-electron chi connectivity index (χ4n) is 5.22. The molecule has 1 fully saturated rings. The normalized spacial score (nSPS) is 25.7. The molecule has 2 aromatic carbocycles. The highest BCUT2D eigenvalue weighted by molar-refractivity contribution is 6.60. The lowest BCUT2D eigenvalue weighted by Gasteiger charge is -2.27. The molecule has 2 aliphatic heterocycles. The Balaban J connectivity index is 1.77. The number of fused-ring (bicyclic) bond motifs is 2. The molecule has 0 bridgehead atoms. The zero-order valence-corrected chi connectivity index (χ0v) is 27.3. The number of nitrogens with zero attached hydrogens (tertiary/aromatic N) is 1. The summed E-state index contributed by atoms with van der Waals surface area (Å²) >= 11 is 0. The third kappa shape index (κ3) is 8.55. The topological polar surface area (TPSA) is 102 Å². The van der Waals surface area contributed by atoms with Gasteiger partial charge in [0.2, 0.25) is 7.85 Å². The molecular weight excluding hydrogens is 596 g/mol. The SMILES string of the molecule is [B]C(=O)N(C)c1cc2c(c(OCOC)c1)C(=O)O[C@@H](C)[C@H](C)/C=C(/F)[C@@H](OCc1ccc(OC)cc1)[C@H]1OC(C)(C)O[C@H]1CC=C2. The molecule has 2 heterocycles. The minimum Gasteiger partial charge on any atom is -0.497 e. The van der Waals surface area contributed by atoms with Crippen LogP contribution in [0.3, 0.4) is 0 Å². The summed E-state index contributed by atoms with van der Waals surface area (Å²) in [6, 6.07) is 10.4. The van der Waals surface area contributed by atoms with E-state index in [1.165, 1.54) is 31.2 Å². The lowest BCUT2D eigenvalue weighted by atomic mass is 9.97. The van der Waals surface area contributed by atoms with Crippen molar-refractivity contribution in [3.8, 4) is 11.5 Å². The van der Waals surface area contributed by atoms with Gasteiger partial charge in [-0.15, -0.1) is 0 Å². The van der Waals surface area contributed by atoms with Crippen molar-refractivity contribution in [1.29, 1.82) is 0 Å². The number of ether oxygens (including phenoxy) is 7. The van der Waals surface area contributed by atoms with Crippen LogP contribution in [-0.4, -0.2) is 77.9 Å². The monoisotopic (exact) mass is 637 g/mol. The molecule has 10 nitrogen and oxygen atoms in total. The van der Waals surface area contributed by atoms with Crippen LogP contribution >= 0.6 is 0 Å². The lowest BCUT2D eigenvalue weighted by Crippen LogP contribution is -2.38. The maximum atomic E-state index is 16.2. The number of hydrogen-bond acceptors (Lipinski definition) is 9. The quantitative estimate of drug-likeness (QED) is 0.197. The van der Waals surface area contributed by atoms with Gasteiger partial charge in [0.25, 0.3) is 0 Å². The molecule has 0 spiro atoms. The maximum absolute atomic E-state index is 16.2. The molecule has 0 unspecified atom stereocenters. The molecule has 46 heavy (non-hydrogen) atoms. The molecule has 246 valence electrons. The first kappa shape index (κ1) is 35.2. The van der Waals surface area contributed by atoms with Crippen molar-refractivity contribution in [3.05, 3.63) is 71.1 Å². The van der Waals surface area contributed by atoms with Crippen LogP contribution in [0.1, 0.15) is 55.6 Å². The highest BCUT2D eigenvalue weighted by Gasteiger charge is 2.47. The molecule has 2 aromatic rings. The highest BCUT2D eigenvalue weighted by atomic mass is 19.1. The van der Waals surface area contributed by atoms with E-state index in [1.54, 1.807) is 65.2 Å². The Bertz CT molecular complexity index is 1440. The summed E-state index contributed by atoms with van der Waals surface area (Å²) in [6.45, 7) is 6.87. The summed E-state index contributed by atoms with van der Waals surface area (Å²) in [7, 11) is 10.1. The summed E-state index contributed by atoms with van der Waals surface area (Å²) in [6.07, 6.45) is 1.84. The summed E-state index contributed by atoms with van der Waals surface area (Å²) < 4.78 is 56.8. The van der Waals surface area contributed by atoms with Crippen LogP contribution in [0.2, 0.25) is 0 Å². The molecule has 2 radical (unpaired) electrons. The van der Waals surface area contributed by atoms with Gasteiger partial charge in [0.1, 0.15) is 41.2 Å². The fourth-order valence-corrected chi connectivity index (χ4v) is 5.22. The van der Waals surface area contributed by atoms with Crippen LogP contribution in [0.15, 0.2) is 54.4 Å². The summed E-state index contributed by atoms with van der Waals surface area (Å²) in [4.78, 5) is 26.9. The van der Waals surface area contributed by atoms with Gasteiger partial charge >= 0.3 is 5.97 Å². The summed E-state index contributed by atoms with van der Waals surface area (Å²) in [5, 5.41) is 0. The Kier molecular flexibility index (Phi) is 11.7. The Labute approximate surface area is 270 Å². The van der Waals surface area contributed by atoms with Crippen molar-refractivity contribution in [2.45, 2.75) is 70.9 Å². The largest absolute Gasteiger partial charge is 0.497 e. The van der Waals surface area contributed by atoms with Gasteiger partial charge in [0, 0.05) is 31.8 Å². The van der Waals surface area contributed by atoms with E-state index in [0.29, 0.717) is 17.0 Å². The highest BCUT2D eigenvalue weighted by Crippen LogP contribution is 2.37. The second-order valence-electron chi connectivity index (χ2n) is 11.7. The van der Waals surface area contributed by atoms with E-state index in [1.807, 2.05) is 12.1 Å². The van der Waals surface area contributed by atoms with E-state index < -0.39 is 53.7 Å². The van der Waals surface area contributed by atoms with Crippen LogP contribution in [0, 0.1) is 5.92 Å². The molecule has 0 N–H and O–H groups in total. The van der Waals surface area contributed by atoms with Gasteiger partial charge < -0.3 is 38.1 Å². The van der Waals surface area contributed by atoms with Crippen molar-refractivity contribution in [2.75, 3.05) is 33.0 Å². The number of halogens is 1. The second kappa shape index (κ2) is 15.3. The Morgan fingerprint density at radius 3 is 2.50 bits per heavy atom. The van der Waals surface area contributed by atoms with Crippen molar-refractivity contribution >= 4 is 31.4 Å². The van der Waals surface area contributed by atoms with Crippen LogP contribution in [0.5, 0.6) is 11.5 Å². The number of carbonyl (C=O) groups is 2. The zero-order valence-electron chi connectivity index (χ0n) is 27.3. The molecule has 1 amide bonds. The smallest absolute Gasteiger partial charge is 0.342 e. The summed E-state index contributed by atoms with van der Waals surface area (Å²) in [5.41, 5.74) is 1.71. The summed E-state index contributed by atoms with van der Waals surface area (Å²) in [5.74, 6) is -2.73. The first-order valence-electron chi connectivity index (χ1n) is 15.0. The number of methoxy groups -OCH3 is 2. The number of anilines is 1. The Morgan fingerprint density at radius 2 is 1.85 bits per heavy atom. The van der Waals surface area contributed by atoms with E-state index in [-0.39, 0.29) is 31.1 Å². The van der Waals surface area contributed by atoms with Crippen LogP contribution in [0.25, 0.3) is 6.08 Å². The third-order valence-corrected chi connectivity index (χ3v) is 7.87. The predicted molar refractivity (Wildman–Crippen MR) is 171 cm³/mol. The van der Waals surface area contributed by atoms with E-state index >= 15 is 4.39 Å². The first-order chi connectivity index (χ1) is 21.8. The minimum atomic E-state index is -1.12. The molecule has 1 saturated heterocycles. The number of carbonyl (C=O) groups excluding carboxylic acids is 2. The van der Waals surface area contributed by atoms with Crippen molar-refractivity contribution in [3.63, 3.8) is 0 Å². The standard InChI is InChI=1S/C34H41BFNO9/c1-20-15-26(36)30(42-18-22-11-13-25(41-7)14-12-22)31-27(45-34(3,4)46-31)10-8-9-23-16-24(37(5)33(35)39)17-28(43-19-40-6)29(23)32(38)44-21(20)2/h8-9,11-17,20-21,27,30-31H,10,18-19H2,1-7H3/b9-8?,26-15+/t20-,21+,27+,30-,31+/m1/s1. The molecule has 4 rings (SSSR count). The minimum absolute atomic E-state index is 0.103. The van der Waals surface area contributed by atoms with Gasteiger partial charge in [0.15, 0.2) is 18.4 Å². The van der Waals surface area contributed by atoms with E-state index in [0.717, 1.165) is 5.56 Å². The van der Waals surface area contributed by atoms with Gasteiger partial charge in [-0.25, -0.2) is 9.18 Å². The molecule has 0 aliphatic carbocycles. The van der Waals surface area contributed by atoms with Gasteiger partial charge in [0.05, 0.1) is 19.8 Å². The number of hydrogen-bond donors (Lipinski definition) is 0. The van der Waals surface area contributed by atoms with Gasteiger partial charge in [-0.05, 0) is 62.6 Å². The van der Waals surface area contributed by atoms with Crippen LogP contribution < -0.4 is 14.4 Å². The number of esters is 1. The lowest BCUT2D eigenvalue weighted by molar-refractivity contribution is -0.158. The maximum Gasteiger partial charge on any atom is 0.342 e. The van der Waals surface area contributed by atoms with E-state index in [9.17, 15) is 9.59 Å². The number of rotatable bonds is 8. The number of amides is 1. The average Bonchev–Trinajstić information content (AvgIpc) is 3.32. The second-order valence-corrected chi connectivity index (χ2v) is 11.7. The van der Waals surface area contributed by atoms with Gasteiger partial charge in [-0.3, -0.25) is 4.79 Å². The Hall–Kier alpha value is -3.71. The van der Waals surface area contributed by atoms with E-state index in [2.05, 4.69) is 0 Å². The van der Waals surface area contributed by atoms with Gasteiger partial charge in [-0.1, -0.05) is 31.2 Å². The average molecular weight is 638 g/mol. The van der Waals surface area contributed by atoms with Crippen LogP contribution in [-0.2, 0) is 30.3 Å². The Morgan fingerprint density at radius 1 is 1.13 bits per heavy atom. The molecule has 0 saturated carbocycles. The predicted octanol–water partition coefficient (Wildman–Crippen LogP) is 5.96. The van der Waals surface area contributed by atoms with Gasteiger partial charge in [-0.2, -0.15) is 0 Å². The molecule has 2 aliphatic rings. The third-order valence-electron chi connectivity index (χ3n) is 7.87. The molecule has 5 atom stereocenters. The molecule has 12 heteroatoms. The van der Waals surface area contributed by atoms with Crippen molar-refractivity contribution in [1.82, 2.24) is 0 Å². The molecular formula is C34H41BFNO9. The molecule has 0 aromatic heterocycles.